The van der Waals surface area contributed by atoms with Gasteiger partial charge in [0.05, 0.1) is 29.8 Å². The van der Waals surface area contributed by atoms with E-state index in [1.807, 2.05) is 0 Å². The average molecular weight is 354 g/mol. The molecule has 2 atom stereocenters. The maximum absolute atomic E-state index is 12.3. The smallest absolute Gasteiger partial charge is 0.410 e. The van der Waals surface area contributed by atoms with E-state index in [-0.39, 0.29) is 24.6 Å². The van der Waals surface area contributed by atoms with Crippen molar-refractivity contribution < 1.29 is 26.4 Å². The molecule has 2 saturated heterocycles. The highest BCUT2D eigenvalue weighted by Gasteiger charge is 2.51. The molecule has 2 heterocycles. The lowest BCUT2D eigenvalue weighted by atomic mass is 10.1. The number of carbonyl (C=O) groups excluding carboxylic acids is 1. The predicted molar refractivity (Wildman–Crippen MR) is 80.7 cm³/mol. The Kier molecular flexibility index (Phi) is 4.25. The van der Waals surface area contributed by atoms with E-state index < -0.39 is 43.6 Å². The van der Waals surface area contributed by atoms with Crippen LogP contribution in [0.3, 0.4) is 0 Å². The van der Waals surface area contributed by atoms with E-state index in [1.165, 1.54) is 9.21 Å². The molecule has 0 aromatic carbocycles. The van der Waals surface area contributed by atoms with E-state index in [2.05, 4.69) is 0 Å². The molecule has 0 aromatic heterocycles. The average Bonchev–Trinajstić information content (AvgIpc) is 2.57. The third-order valence-corrected chi connectivity index (χ3v) is 6.68. The summed E-state index contributed by atoms with van der Waals surface area (Å²) in [6.45, 7) is 5.37. The lowest BCUT2D eigenvalue weighted by Crippen LogP contribution is -2.62. The van der Waals surface area contributed by atoms with Crippen molar-refractivity contribution in [3.05, 3.63) is 0 Å². The van der Waals surface area contributed by atoms with Gasteiger partial charge in [0.25, 0.3) is 0 Å². The Morgan fingerprint density at radius 1 is 1.14 bits per heavy atom. The highest BCUT2D eigenvalue weighted by Crippen LogP contribution is 2.29. The molecule has 2 fully saturated rings. The van der Waals surface area contributed by atoms with Gasteiger partial charge in [-0.15, -0.1) is 0 Å². The minimum atomic E-state index is -3.52. The number of hydrogen-bond donors (Lipinski definition) is 0. The van der Waals surface area contributed by atoms with Gasteiger partial charge in [0.2, 0.25) is 10.0 Å². The molecule has 22 heavy (non-hydrogen) atoms. The van der Waals surface area contributed by atoms with Crippen LogP contribution >= 0.6 is 0 Å². The number of fused-ring (bicyclic) bond motifs is 1. The SMILES string of the molecule is CC(C)(C)OC(=O)N1CCN(S(C)(=O)=O)[C@H]2CS(=O)(=O)C[C@H]21. The molecule has 0 saturated carbocycles. The third-order valence-electron chi connectivity index (χ3n) is 3.68. The maximum atomic E-state index is 12.3. The molecule has 0 bridgehead atoms. The Bertz CT molecular complexity index is 664. The number of nitrogens with zero attached hydrogens (tertiary/aromatic N) is 2. The van der Waals surface area contributed by atoms with Gasteiger partial charge in [0.15, 0.2) is 9.84 Å². The van der Waals surface area contributed by atoms with Crippen molar-refractivity contribution in [2.24, 2.45) is 0 Å². The summed E-state index contributed by atoms with van der Waals surface area (Å²) in [5.74, 6) is -0.493. The Balaban J connectivity index is 2.29. The Morgan fingerprint density at radius 3 is 2.18 bits per heavy atom. The Labute approximate surface area is 131 Å². The summed E-state index contributed by atoms with van der Waals surface area (Å²) < 4.78 is 54.0. The zero-order valence-electron chi connectivity index (χ0n) is 13.1. The van der Waals surface area contributed by atoms with Crippen molar-refractivity contribution in [1.82, 2.24) is 9.21 Å². The quantitative estimate of drug-likeness (QED) is 0.639. The summed E-state index contributed by atoms with van der Waals surface area (Å²) in [5, 5.41) is 0. The van der Waals surface area contributed by atoms with Crippen LogP contribution in [0, 0.1) is 0 Å². The monoisotopic (exact) mass is 354 g/mol. The molecule has 0 N–H and O–H groups in total. The highest BCUT2D eigenvalue weighted by atomic mass is 32.2. The van der Waals surface area contributed by atoms with E-state index in [0.29, 0.717) is 0 Å². The predicted octanol–water partition coefficient (Wildman–Crippen LogP) is -0.336. The molecule has 1 amide bonds. The standard InChI is InChI=1S/C12H22N2O6S2/c1-12(2,3)20-11(15)13-5-6-14(21(4,16)17)10-8-22(18,19)7-9(10)13/h9-10H,5-8H2,1-4H3/t9-,10+/m1/s1. The Morgan fingerprint density at radius 2 is 1.68 bits per heavy atom. The first-order valence-electron chi connectivity index (χ1n) is 6.97. The van der Waals surface area contributed by atoms with Crippen LogP contribution in [0.2, 0.25) is 0 Å². The van der Waals surface area contributed by atoms with Crippen LogP contribution in [-0.4, -0.2) is 80.7 Å². The van der Waals surface area contributed by atoms with Gasteiger partial charge in [-0.3, -0.25) is 0 Å². The normalized spacial score (nSPS) is 29.2. The fraction of sp³-hybridized carbons (Fsp3) is 0.917. The fourth-order valence-corrected chi connectivity index (χ4v) is 6.08. The summed E-state index contributed by atoms with van der Waals surface area (Å²) in [7, 11) is -6.91. The molecule has 0 aromatic rings. The number of piperazine rings is 1. The first-order valence-corrected chi connectivity index (χ1v) is 10.6. The first-order chi connectivity index (χ1) is 9.80. The third kappa shape index (κ3) is 3.72. The van der Waals surface area contributed by atoms with Crippen LogP contribution in [0.5, 0.6) is 0 Å². The maximum Gasteiger partial charge on any atom is 0.410 e. The van der Waals surface area contributed by atoms with Gasteiger partial charge >= 0.3 is 6.09 Å². The van der Waals surface area contributed by atoms with Crippen LogP contribution in [0.4, 0.5) is 4.79 Å². The fourth-order valence-electron chi connectivity index (χ4n) is 2.88. The van der Waals surface area contributed by atoms with Gasteiger partial charge in [0.1, 0.15) is 5.60 Å². The van der Waals surface area contributed by atoms with Crippen molar-refractivity contribution >= 4 is 26.0 Å². The van der Waals surface area contributed by atoms with Crippen LogP contribution in [0.1, 0.15) is 20.8 Å². The molecule has 2 aliphatic rings. The number of hydrogen-bond acceptors (Lipinski definition) is 6. The molecular formula is C12H22N2O6S2. The number of rotatable bonds is 1. The van der Waals surface area contributed by atoms with Crippen LogP contribution in [-0.2, 0) is 24.6 Å². The zero-order valence-corrected chi connectivity index (χ0v) is 14.8. The summed E-state index contributed by atoms with van der Waals surface area (Å²) in [5.41, 5.74) is -0.696. The summed E-state index contributed by atoms with van der Waals surface area (Å²) in [4.78, 5) is 13.6. The first kappa shape index (κ1) is 17.5. The molecule has 2 aliphatic heterocycles. The molecule has 0 radical (unpaired) electrons. The van der Waals surface area contributed by atoms with E-state index in [9.17, 15) is 21.6 Å². The van der Waals surface area contributed by atoms with E-state index in [4.69, 9.17) is 4.74 Å². The van der Waals surface area contributed by atoms with Crippen LogP contribution in [0.25, 0.3) is 0 Å². The van der Waals surface area contributed by atoms with Gasteiger partial charge in [-0.2, -0.15) is 4.31 Å². The van der Waals surface area contributed by atoms with Crippen molar-refractivity contribution in [3.63, 3.8) is 0 Å². The molecule has 0 unspecified atom stereocenters. The van der Waals surface area contributed by atoms with Crippen molar-refractivity contribution in [2.45, 2.75) is 38.5 Å². The molecule has 128 valence electrons. The second-order valence-corrected chi connectivity index (χ2v) is 10.8. The number of sulfone groups is 1. The molecular weight excluding hydrogens is 332 g/mol. The van der Waals surface area contributed by atoms with Gasteiger partial charge in [0, 0.05) is 13.1 Å². The molecule has 0 aliphatic carbocycles. The van der Waals surface area contributed by atoms with Crippen molar-refractivity contribution in [3.8, 4) is 0 Å². The Hall–Kier alpha value is -0.870. The second kappa shape index (κ2) is 5.34. The topological polar surface area (TPSA) is 101 Å². The highest BCUT2D eigenvalue weighted by molar-refractivity contribution is 7.92. The molecule has 2 rings (SSSR count). The number of amides is 1. The minimum Gasteiger partial charge on any atom is -0.444 e. The number of carbonyl (C=O) groups is 1. The van der Waals surface area contributed by atoms with Gasteiger partial charge in [-0.1, -0.05) is 0 Å². The van der Waals surface area contributed by atoms with Gasteiger partial charge < -0.3 is 9.64 Å². The van der Waals surface area contributed by atoms with Crippen LogP contribution < -0.4 is 0 Å². The summed E-state index contributed by atoms with van der Waals surface area (Å²) in [6.07, 6.45) is 0.450. The molecule has 8 nitrogen and oxygen atoms in total. The van der Waals surface area contributed by atoms with Gasteiger partial charge in [-0.05, 0) is 20.8 Å². The lowest BCUT2D eigenvalue weighted by Gasteiger charge is -2.42. The van der Waals surface area contributed by atoms with E-state index in [0.717, 1.165) is 6.26 Å². The number of ether oxygens (including phenoxy) is 1. The van der Waals surface area contributed by atoms with Gasteiger partial charge in [-0.25, -0.2) is 21.6 Å². The lowest BCUT2D eigenvalue weighted by molar-refractivity contribution is 0.00274. The largest absolute Gasteiger partial charge is 0.444 e. The number of sulfonamides is 1. The van der Waals surface area contributed by atoms with Crippen LogP contribution in [0.15, 0.2) is 0 Å². The zero-order chi connectivity index (χ0) is 16.9. The summed E-state index contributed by atoms with van der Waals surface area (Å²) >= 11 is 0. The second-order valence-electron chi connectivity index (χ2n) is 6.76. The molecule has 0 spiro atoms. The van der Waals surface area contributed by atoms with E-state index in [1.54, 1.807) is 20.8 Å². The molecule has 10 heteroatoms. The minimum absolute atomic E-state index is 0.0781. The van der Waals surface area contributed by atoms with E-state index >= 15 is 0 Å². The van der Waals surface area contributed by atoms with Crippen molar-refractivity contribution in [2.75, 3.05) is 30.9 Å². The summed E-state index contributed by atoms with van der Waals surface area (Å²) in [6, 6.07) is -1.43. The van der Waals surface area contributed by atoms with Crippen molar-refractivity contribution in [1.29, 1.82) is 0 Å².